The summed E-state index contributed by atoms with van der Waals surface area (Å²) in [7, 11) is 3.55. The van der Waals surface area contributed by atoms with E-state index in [1.807, 2.05) is 12.3 Å². The van der Waals surface area contributed by atoms with Gasteiger partial charge in [-0.1, -0.05) is 0 Å². The minimum atomic E-state index is -0.245. The van der Waals surface area contributed by atoms with Gasteiger partial charge in [-0.2, -0.15) is 5.10 Å². The first-order chi connectivity index (χ1) is 14.2. The highest BCUT2D eigenvalue weighted by Gasteiger charge is 2.19. The fourth-order valence-electron chi connectivity index (χ4n) is 3.45. The van der Waals surface area contributed by atoms with Crippen molar-refractivity contribution in [2.24, 2.45) is 4.99 Å². The maximum atomic E-state index is 13.1. The standard InChI is InChI=1S/C21H31FN6O/c1-23-21(25-18-8-12-27(13-9-18)15-16-29-2)24-11-7-19-10-14-28(26-19)20-5-3-17(22)4-6-20/h3-6,10,14,18H,7-9,11-13,15-16H2,1-2H3,(H2,23,24,25). The number of halogens is 1. The zero-order chi connectivity index (χ0) is 20.5. The molecule has 0 unspecified atom stereocenters. The van der Waals surface area contributed by atoms with E-state index in [9.17, 15) is 4.39 Å². The number of ether oxygens (including phenoxy) is 1. The molecule has 0 bridgehead atoms. The Labute approximate surface area is 172 Å². The van der Waals surface area contributed by atoms with Crippen LogP contribution in [-0.2, 0) is 11.2 Å². The van der Waals surface area contributed by atoms with Gasteiger partial charge < -0.3 is 20.3 Å². The van der Waals surface area contributed by atoms with Crippen LogP contribution in [0.1, 0.15) is 18.5 Å². The minimum Gasteiger partial charge on any atom is -0.383 e. The molecule has 1 saturated heterocycles. The van der Waals surface area contributed by atoms with Gasteiger partial charge in [-0.3, -0.25) is 4.99 Å². The average Bonchev–Trinajstić information content (AvgIpc) is 3.22. The lowest BCUT2D eigenvalue weighted by molar-refractivity contribution is 0.128. The van der Waals surface area contributed by atoms with E-state index in [0.717, 1.165) is 69.4 Å². The van der Waals surface area contributed by atoms with Crippen molar-refractivity contribution >= 4 is 5.96 Å². The Bertz CT molecular complexity index is 768. The number of piperidine rings is 1. The summed E-state index contributed by atoms with van der Waals surface area (Å²) < 4.78 is 20.0. The summed E-state index contributed by atoms with van der Waals surface area (Å²) in [6, 6.07) is 8.74. The molecule has 0 radical (unpaired) electrons. The molecule has 7 nitrogen and oxygen atoms in total. The molecule has 0 aliphatic carbocycles. The average molecular weight is 403 g/mol. The molecule has 1 aromatic heterocycles. The zero-order valence-electron chi connectivity index (χ0n) is 17.3. The first-order valence-electron chi connectivity index (χ1n) is 10.2. The van der Waals surface area contributed by atoms with Gasteiger partial charge in [-0.25, -0.2) is 9.07 Å². The molecule has 2 heterocycles. The fourth-order valence-corrected chi connectivity index (χ4v) is 3.45. The van der Waals surface area contributed by atoms with Crippen molar-refractivity contribution in [2.45, 2.75) is 25.3 Å². The minimum absolute atomic E-state index is 0.245. The number of benzene rings is 1. The van der Waals surface area contributed by atoms with Crippen molar-refractivity contribution < 1.29 is 9.13 Å². The largest absolute Gasteiger partial charge is 0.383 e. The SMILES string of the molecule is CN=C(NCCc1ccn(-c2ccc(F)cc2)n1)NC1CCN(CCOC)CC1. The first-order valence-corrected chi connectivity index (χ1v) is 10.2. The van der Waals surface area contributed by atoms with Crippen molar-refractivity contribution in [3.63, 3.8) is 0 Å². The van der Waals surface area contributed by atoms with E-state index in [0.29, 0.717) is 6.04 Å². The molecule has 0 atom stereocenters. The van der Waals surface area contributed by atoms with Crippen molar-refractivity contribution in [3.05, 3.63) is 48.0 Å². The maximum absolute atomic E-state index is 13.1. The van der Waals surface area contributed by atoms with E-state index < -0.39 is 0 Å². The second-order valence-electron chi connectivity index (χ2n) is 7.23. The summed E-state index contributed by atoms with van der Waals surface area (Å²) in [6.07, 6.45) is 4.89. The van der Waals surface area contributed by atoms with Crippen LogP contribution in [-0.4, -0.2) is 73.6 Å². The predicted molar refractivity (Wildman–Crippen MR) is 113 cm³/mol. The smallest absolute Gasteiger partial charge is 0.191 e. The first kappa shape index (κ1) is 21.3. The van der Waals surface area contributed by atoms with E-state index >= 15 is 0 Å². The zero-order valence-corrected chi connectivity index (χ0v) is 17.3. The Morgan fingerprint density at radius 2 is 2.00 bits per heavy atom. The molecule has 0 amide bonds. The number of guanidine groups is 1. The van der Waals surface area contributed by atoms with Gasteiger partial charge in [-0.15, -0.1) is 0 Å². The summed E-state index contributed by atoms with van der Waals surface area (Å²) in [5, 5.41) is 11.5. The van der Waals surface area contributed by atoms with E-state index in [1.54, 1.807) is 31.0 Å². The number of hydrogen-bond acceptors (Lipinski definition) is 4. The second kappa shape index (κ2) is 10.9. The quantitative estimate of drug-likeness (QED) is 0.521. The third-order valence-electron chi connectivity index (χ3n) is 5.17. The number of aromatic nitrogens is 2. The van der Waals surface area contributed by atoms with Crippen LogP contribution in [0, 0.1) is 5.82 Å². The topological polar surface area (TPSA) is 66.7 Å². The molecule has 0 spiro atoms. The number of nitrogens with zero attached hydrogens (tertiary/aromatic N) is 4. The van der Waals surface area contributed by atoms with E-state index in [1.165, 1.54) is 12.1 Å². The molecule has 29 heavy (non-hydrogen) atoms. The number of nitrogens with one attached hydrogen (secondary N) is 2. The Morgan fingerprint density at radius 3 is 2.69 bits per heavy atom. The molecular formula is C21H31FN6O. The van der Waals surface area contributed by atoms with Crippen LogP contribution in [0.5, 0.6) is 0 Å². The van der Waals surface area contributed by atoms with Crippen LogP contribution in [0.2, 0.25) is 0 Å². The highest BCUT2D eigenvalue weighted by molar-refractivity contribution is 5.79. The number of likely N-dealkylation sites (tertiary alicyclic amines) is 1. The van der Waals surface area contributed by atoms with Gasteiger partial charge in [-0.05, 0) is 43.2 Å². The molecule has 158 valence electrons. The number of methoxy groups -OCH3 is 1. The molecule has 1 aromatic carbocycles. The second-order valence-corrected chi connectivity index (χ2v) is 7.23. The van der Waals surface area contributed by atoms with Gasteiger partial charge in [0.05, 0.1) is 18.0 Å². The van der Waals surface area contributed by atoms with Crippen molar-refractivity contribution in [2.75, 3.05) is 46.9 Å². The van der Waals surface area contributed by atoms with Crippen LogP contribution in [0.15, 0.2) is 41.5 Å². The summed E-state index contributed by atoms with van der Waals surface area (Å²) in [5.74, 6) is 0.586. The highest BCUT2D eigenvalue weighted by Crippen LogP contribution is 2.10. The van der Waals surface area contributed by atoms with Crippen molar-refractivity contribution in [1.29, 1.82) is 0 Å². The molecular weight excluding hydrogens is 371 g/mol. The Morgan fingerprint density at radius 1 is 1.24 bits per heavy atom. The Hall–Kier alpha value is -2.45. The number of aliphatic imine (C=N–C) groups is 1. The van der Waals surface area contributed by atoms with Crippen LogP contribution < -0.4 is 10.6 Å². The molecule has 1 fully saturated rings. The molecule has 1 aliphatic rings. The van der Waals surface area contributed by atoms with Crippen LogP contribution in [0.3, 0.4) is 0 Å². The van der Waals surface area contributed by atoms with Gasteiger partial charge >= 0.3 is 0 Å². The van der Waals surface area contributed by atoms with Crippen LogP contribution >= 0.6 is 0 Å². The van der Waals surface area contributed by atoms with Gasteiger partial charge in [0, 0.05) is 59.0 Å². The lowest BCUT2D eigenvalue weighted by Crippen LogP contribution is -2.49. The van der Waals surface area contributed by atoms with Crippen molar-refractivity contribution in [3.8, 4) is 5.69 Å². The van der Waals surface area contributed by atoms with Gasteiger partial charge in [0.2, 0.25) is 0 Å². The molecule has 1 aliphatic heterocycles. The molecule has 0 saturated carbocycles. The summed E-state index contributed by atoms with van der Waals surface area (Å²) in [5.41, 5.74) is 1.82. The third kappa shape index (κ3) is 6.54. The molecule has 2 aromatic rings. The van der Waals surface area contributed by atoms with Gasteiger partial charge in [0.25, 0.3) is 0 Å². The maximum Gasteiger partial charge on any atom is 0.191 e. The molecule has 8 heteroatoms. The fraction of sp³-hybridized carbons (Fsp3) is 0.524. The van der Waals surface area contributed by atoms with Crippen LogP contribution in [0.4, 0.5) is 4.39 Å². The monoisotopic (exact) mass is 402 g/mol. The number of hydrogen-bond donors (Lipinski definition) is 2. The van der Waals surface area contributed by atoms with E-state index in [-0.39, 0.29) is 5.82 Å². The van der Waals surface area contributed by atoms with Gasteiger partial charge in [0.15, 0.2) is 5.96 Å². The Balaban J connectivity index is 1.40. The third-order valence-corrected chi connectivity index (χ3v) is 5.17. The summed E-state index contributed by atoms with van der Waals surface area (Å²) >= 11 is 0. The normalized spacial score (nSPS) is 16.2. The Kier molecular flexibility index (Phi) is 8.01. The van der Waals surface area contributed by atoms with Crippen molar-refractivity contribution in [1.82, 2.24) is 25.3 Å². The lowest BCUT2D eigenvalue weighted by Gasteiger charge is -2.32. The summed E-state index contributed by atoms with van der Waals surface area (Å²) in [6.45, 7) is 4.70. The molecule has 3 rings (SSSR count). The van der Waals surface area contributed by atoms with E-state index in [2.05, 4.69) is 25.6 Å². The van der Waals surface area contributed by atoms with Crippen LogP contribution in [0.25, 0.3) is 5.69 Å². The van der Waals surface area contributed by atoms with Gasteiger partial charge in [0.1, 0.15) is 5.82 Å². The molecule has 2 N–H and O–H groups in total. The summed E-state index contributed by atoms with van der Waals surface area (Å²) in [4.78, 5) is 6.78. The van der Waals surface area contributed by atoms with E-state index in [4.69, 9.17) is 4.74 Å². The lowest BCUT2D eigenvalue weighted by atomic mass is 10.1. The number of rotatable bonds is 8. The predicted octanol–water partition coefficient (Wildman–Crippen LogP) is 1.83. The highest BCUT2D eigenvalue weighted by atomic mass is 19.1.